The second kappa shape index (κ2) is 6.41. The fraction of sp³-hybridized carbons (Fsp3) is 0.778. The maximum atomic E-state index is 11.8. The third-order valence-electron chi connectivity index (χ3n) is 1.71. The average Bonchev–Trinajstić information content (AvgIpc) is 1.99. The molecule has 0 bridgehead atoms. The first-order chi connectivity index (χ1) is 7.20. The Hall–Kier alpha value is -0.340. The summed E-state index contributed by atoms with van der Waals surface area (Å²) in [6, 6.07) is 0. The molecular weight excluding hydrogens is 251 g/mol. The molecule has 0 radical (unpaired) electrons. The predicted octanol–water partition coefficient (Wildman–Crippen LogP) is 1.46. The highest BCUT2D eigenvalue weighted by atomic mass is 32.2. The number of rotatable bonds is 6. The van der Waals surface area contributed by atoms with E-state index in [2.05, 4.69) is 11.8 Å². The van der Waals surface area contributed by atoms with Gasteiger partial charge in [0.2, 0.25) is 7.37 Å². The van der Waals surface area contributed by atoms with Crippen LogP contribution in [0.1, 0.15) is 13.8 Å². The van der Waals surface area contributed by atoms with Gasteiger partial charge in [0.1, 0.15) is 0 Å². The Morgan fingerprint density at radius 1 is 1.50 bits per heavy atom. The third kappa shape index (κ3) is 7.89. The van der Waals surface area contributed by atoms with Crippen molar-refractivity contribution in [3.8, 4) is 11.8 Å². The van der Waals surface area contributed by atoms with Gasteiger partial charge in [-0.05, 0) is 13.8 Å². The van der Waals surface area contributed by atoms with Crippen molar-refractivity contribution < 1.29 is 22.1 Å². The molecule has 0 aliphatic rings. The fourth-order valence-corrected chi connectivity index (χ4v) is 3.88. The molecule has 2 atom stereocenters. The van der Waals surface area contributed by atoms with Crippen LogP contribution in [0.2, 0.25) is 0 Å². The summed E-state index contributed by atoms with van der Waals surface area (Å²) in [4.78, 5) is 0. The minimum Gasteiger partial charge on any atom is -0.329 e. The summed E-state index contributed by atoms with van der Waals surface area (Å²) in [6.07, 6.45) is 0.0292. The van der Waals surface area contributed by atoms with Crippen LogP contribution >= 0.6 is 7.37 Å². The summed E-state index contributed by atoms with van der Waals surface area (Å²) in [7, 11) is -6.95. The molecule has 0 saturated carbocycles. The molecule has 0 fully saturated rings. The van der Waals surface area contributed by atoms with E-state index in [1.54, 1.807) is 13.8 Å². The van der Waals surface area contributed by atoms with Crippen molar-refractivity contribution in [2.45, 2.75) is 13.8 Å². The Kier molecular flexibility index (Phi) is 6.27. The van der Waals surface area contributed by atoms with E-state index in [1.165, 1.54) is 6.66 Å². The molecule has 0 aromatic carbocycles. The second-order valence-electron chi connectivity index (χ2n) is 3.45. The average molecular weight is 268 g/mol. The Bertz CT molecular complexity index is 417. The lowest BCUT2D eigenvalue weighted by atomic mass is 10.2. The van der Waals surface area contributed by atoms with Gasteiger partial charge in [-0.25, -0.2) is 0 Å². The normalized spacial score (nSPS) is 17.0. The molecule has 0 aliphatic carbocycles. The number of hydrogen-bond acceptors (Lipinski definition) is 4. The Balaban J connectivity index is 4.68. The fourth-order valence-electron chi connectivity index (χ4n) is 1.32. The van der Waals surface area contributed by atoms with Crippen LogP contribution in [0.5, 0.6) is 0 Å². The molecule has 94 valence electrons. The van der Waals surface area contributed by atoms with E-state index >= 15 is 0 Å². The lowest BCUT2D eigenvalue weighted by Crippen LogP contribution is -2.18. The molecule has 0 aromatic rings. The molecule has 16 heavy (non-hydrogen) atoms. The van der Waals surface area contributed by atoms with Crippen LogP contribution in [0.15, 0.2) is 0 Å². The smallest absolute Gasteiger partial charge is 0.266 e. The summed E-state index contributed by atoms with van der Waals surface area (Å²) >= 11 is 0. The minimum absolute atomic E-state index is 0.0292. The van der Waals surface area contributed by atoms with Gasteiger partial charge < -0.3 is 4.52 Å². The largest absolute Gasteiger partial charge is 0.329 e. The van der Waals surface area contributed by atoms with E-state index in [1.807, 2.05) is 0 Å². The minimum atomic E-state index is -4.11. The maximum absolute atomic E-state index is 11.8. The van der Waals surface area contributed by atoms with Gasteiger partial charge in [-0.15, -0.1) is 5.92 Å². The van der Waals surface area contributed by atoms with Gasteiger partial charge in [0.05, 0.1) is 12.4 Å². The van der Waals surface area contributed by atoms with Gasteiger partial charge in [0, 0.05) is 18.7 Å². The molecule has 0 rings (SSSR count). The first kappa shape index (κ1) is 15.7. The van der Waals surface area contributed by atoms with Crippen molar-refractivity contribution in [3.63, 3.8) is 0 Å². The van der Waals surface area contributed by atoms with E-state index in [4.69, 9.17) is 9.08 Å². The van der Waals surface area contributed by atoms with Gasteiger partial charge in [0.25, 0.3) is 10.1 Å². The van der Waals surface area contributed by atoms with Crippen LogP contribution < -0.4 is 0 Å². The molecule has 7 heteroatoms. The molecular formula is C9H17O5PS. The molecule has 0 aliphatic heterocycles. The molecule has 2 unspecified atom stereocenters. The third-order valence-corrected chi connectivity index (χ3v) is 4.45. The molecule has 0 aromatic heterocycles. The van der Waals surface area contributed by atoms with Crippen molar-refractivity contribution in [2.24, 2.45) is 5.92 Å². The zero-order chi connectivity index (χ0) is 12.8. The first-order valence-corrected chi connectivity index (χ1v) is 8.65. The van der Waals surface area contributed by atoms with Crippen molar-refractivity contribution in [2.75, 3.05) is 25.2 Å². The Labute approximate surface area is 96.8 Å². The van der Waals surface area contributed by atoms with Crippen molar-refractivity contribution in [1.82, 2.24) is 0 Å². The molecule has 0 amide bonds. The van der Waals surface area contributed by atoms with Crippen molar-refractivity contribution >= 4 is 17.5 Å². The summed E-state index contributed by atoms with van der Waals surface area (Å²) in [5.41, 5.74) is 0. The lowest BCUT2D eigenvalue weighted by molar-refractivity contribution is 0.335. The summed E-state index contributed by atoms with van der Waals surface area (Å²) in [6.45, 7) is 4.99. The van der Waals surface area contributed by atoms with Crippen LogP contribution in [0.25, 0.3) is 0 Å². The summed E-state index contributed by atoms with van der Waals surface area (Å²) < 4.78 is 47.0. The van der Waals surface area contributed by atoms with Gasteiger partial charge in [0.15, 0.2) is 0 Å². The van der Waals surface area contributed by atoms with Gasteiger partial charge in [-0.1, -0.05) is 5.92 Å². The van der Waals surface area contributed by atoms with Gasteiger partial charge in [-0.3, -0.25) is 9.12 Å². The van der Waals surface area contributed by atoms with E-state index in [0.29, 0.717) is 6.61 Å². The van der Waals surface area contributed by atoms with Crippen molar-refractivity contribution in [3.05, 3.63) is 0 Å². The second-order valence-corrected chi connectivity index (χ2v) is 7.60. The highest BCUT2D eigenvalue weighted by Crippen LogP contribution is 2.44. The maximum Gasteiger partial charge on any atom is 0.266 e. The molecule has 5 nitrogen and oxygen atoms in total. The SMILES string of the molecule is CC#CC(CP(C)(=O)OCC)CS(=O)(=O)O. The standard InChI is InChI=1S/C9H17O5PS/c1-4-6-9(8-16(11,12)13)7-15(3,10)14-5-2/h9H,5,7-8H2,1-3H3,(H,11,12,13). The zero-order valence-corrected chi connectivity index (χ0v) is 11.3. The Morgan fingerprint density at radius 3 is 2.44 bits per heavy atom. The first-order valence-electron chi connectivity index (χ1n) is 4.78. The van der Waals surface area contributed by atoms with Crippen LogP contribution in [-0.4, -0.2) is 38.2 Å². The van der Waals surface area contributed by atoms with E-state index in [9.17, 15) is 13.0 Å². The zero-order valence-electron chi connectivity index (χ0n) is 9.63. The summed E-state index contributed by atoms with van der Waals surface area (Å²) in [5.74, 6) is 3.99. The van der Waals surface area contributed by atoms with Gasteiger partial charge in [-0.2, -0.15) is 8.42 Å². The van der Waals surface area contributed by atoms with Crippen LogP contribution in [0, 0.1) is 17.8 Å². The monoisotopic (exact) mass is 268 g/mol. The summed E-state index contributed by atoms with van der Waals surface area (Å²) in [5, 5.41) is 0. The molecule has 0 saturated heterocycles. The van der Waals surface area contributed by atoms with Crippen LogP contribution in [0.3, 0.4) is 0 Å². The molecule has 0 heterocycles. The van der Waals surface area contributed by atoms with Crippen LogP contribution in [0.4, 0.5) is 0 Å². The topological polar surface area (TPSA) is 80.7 Å². The number of hydrogen-bond donors (Lipinski definition) is 1. The molecule has 1 N–H and O–H groups in total. The Morgan fingerprint density at radius 2 is 2.06 bits per heavy atom. The molecule has 0 spiro atoms. The van der Waals surface area contributed by atoms with E-state index in [0.717, 1.165) is 0 Å². The van der Waals surface area contributed by atoms with E-state index < -0.39 is 29.2 Å². The van der Waals surface area contributed by atoms with Crippen molar-refractivity contribution in [1.29, 1.82) is 0 Å². The van der Waals surface area contributed by atoms with Crippen LogP contribution in [-0.2, 0) is 19.2 Å². The predicted molar refractivity (Wildman–Crippen MR) is 63.4 cm³/mol. The quantitative estimate of drug-likeness (QED) is 0.448. The van der Waals surface area contributed by atoms with E-state index in [-0.39, 0.29) is 6.16 Å². The highest BCUT2D eigenvalue weighted by Gasteiger charge is 2.24. The highest BCUT2D eigenvalue weighted by molar-refractivity contribution is 7.85. The van der Waals surface area contributed by atoms with Gasteiger partial charge >= 0.3 is 0 Å². The lowest BCUT2D eigenvalue weighted by Gasteiger charge is -2.16.